The molecule has 4 heteroatoms. The largest absolute Gasteiger partial charge is 0.396 e. The number of nitrogens with zero attached hydrogens (tertiary/aromatic N) is 2. The number of rotatable bonds is 5. The van der Waals surface area contributed by atoms with E-state index in [-0.39, 0.29) is 6.61 Å². The van der Waals surface area contributed by atoms with Crippen molar-refractivity contribution >= 4 is 5.95 Å². The van der Waals surface area contributed by atoms with Crippen molar-refractivity contribution in [2.45, 2.75) is 6.42 Å². The Bertz CT molecular complexity index is 1020. The van der Waals surface area contributed by atoms with Gasteiger partial charge in [0.15, 0.2) is 0 Å². The summed E-state index contributed by atoms with van der Waals surface area (Å²) in [4.78, 5) is 4.69. The molecule has 0 bridgehead atoms. The SMILES string of the molecule is Nc1nc(-c2ccccc2)c(-c2ccccc2)n1-c1ccc(CCO)cc1. The first-order valence-corrected chi connectivity index (χ1v) is 8.97. The average Bonchev–Trinajstić information content (AvgIpc) is 3.07. The van der Waals surface area contributed by atoms with Crippen LogP contribution < -0.4 is 5.73 Å². The van der Waals surface area contributed by atoms with E-state index >= 15 is 0 Å². The third-order valence-corrected chi connectivity index (χ3v) is 4.59. The van der Waals surface area contributed by atoms with Crippen LogP contribution in [0.3, 0.4) is 0 Å². The van der Waals surface area contributed by atoms with E-state index in [9.17, 15) is 0 Å². The normalized spacial score (nSPS) is 10.9. The highest BCUT2D eigenvalue weighted by molar-refractivity contribution is 5.82. The van der Waals surface area contributed by atoms with Gasteiger partial charge in [0.25, 0.3) is 0 Å². The lowest BCUT2D eigenvalue weighted by atomic mass is 10.0. The van der Waals surface area contributed by atoms with Gasteiger partial charge >= 0.3 is 0 Å². The van der Waals surface area contributed by atoms with Crippen LogP contribution in [0.15, 0.2) is 84.9 Å². The number of nitrogen functional groups attached to an aromatic ring is 1. The first kappa shape index (κ1) is 17.1. The van der Waals surface area contributed by atoms with Gasteiger partial charge in [-0.15, -0.1) is 0 Å². The smallest absolute Gasteiger partial charge is 0.205 e. The number of nitrogens with two attached hydrogens (primary N) is 1. The summed E-state index contributed by atoms with van der Waals surface area (Å²) >= 11 is 0. The van der Waals surface area contributed by atoms with Crippen molar-refractivity contribution in [1.29, 1.82) is 0 Å². The number of benzene rings is 3. The fraction of sp³-hybridized carbons (Fsp3) is 0.0870. The van der Waals surface area contributed by atoms with Gasteiger partial charge in [0.2, 0.25) is 5.95 Å². The van der Waals surface area contributed by atoms with E-state index in [0.29, 0.717) is 12.4 Å². The Balaban J connectivity index is 1.92. The number of hydrogen-bond acceptors (Lipinski definition) is 3. The Labute approximate surface area is 158 Å². The number of aliphatic hydroxyl groups excluding tert-OH is 1. The Morgan fingerprint density at radius 1 is 0.778 bits per heavy atom. The van der Waals surface area contributed by atoms with Crippen molar-refractivity contribution in [2.24, 2.45) is 0 Å². The first-order chi connectivity index (χ1) is 13.3. The predicted octanol–water partition coefficient (Wildman–Crippen LogP) is 4.32. The first-order valence-electron chi connectivity index (χ1n) is 8.97. The van der Waals surface area contributed by atoms with Gasteiger partial charge in [-0.25, -0.2) is 4.98 Å². The quantitative estimate of drug-likeness (QED) is 0.560. The minimum Gasteiger partial charge on any atom is -0.396 e. The van der Waals surface area contributed by atoms with Crippen LogP contribution in [0.4, 0.5) is 5.95 Å². The topological polar surface area (TPSA) is 64.1 Å². The van der Waals surface area contributed by atoms with E-state index in [2.05, 4.69) is 12.1 Å². The molecule has 0 aliphatic carbocycles. The number of aliphatic hydroxyl groups is 1. The second kappa shape index (κ2) is 7.48. The van der Waals surface area contributed by atoms with Crippen LogP contribution in [0, 0.1) is 0 Å². The lowest BCUT2D eigenvalue weighted by Gasteiger charge is -2.12. The second-order valence-electron chi connectivity index (χ2n) is 6.37. The number of imidazole rings is 1. The molecule has 3 aromatic carbocycles. The lowest BCUT2D eigenvalue weighted by molar-refractivity contribution is 0.299. The summed E-state index contributed by atoms with van der Waals surface area (Å²) in [6, 6.07) is 28.3. The summed E-state index contributed by atoms with van der Waals surface area (Å²) in [5.41, 5.74) is 12.3. The fourth-order valence-electron chi connectivity index (χ4n) is 3.30. The molecular formula is C23H21N3O. The molecule has 1 heterocycles. The summed E-state index contributed by atoms with van der Waals surface area (Å²) in [5.74, 6) is 0.447. The van der Waals surface area contributed by atoms with E-state index in [1.54, 1.807) is 0 Å². The molecule has 0 atom stereocenters. The van der Waals surface area contributed by atoms with E-state index in [0.717, 1.165) is 33.8 Å². The van der Waals surface area contributed by atoms with E-state index in [1.165, 1.54) is 0 Å². The van der Waals surface area contributed by atoms with Gasteiger partial charge < -0.3 is 10.8 Å². The minimum absolute atomic E-state index is 0.139. The highest BCUT2D eigenvalue weighted by Gasteiger charge is 2.19. The number of aromatic nitrogens is 2. The van der Waals surface area contributed by atoms with Crippen LogP contribution in [0.5, 0.6) is 0 Å². The molecule has 0 unspecified atom stereocenters. The van der Waals surface area contributed by atoms with Crippen molar-refractivity contribution in [1.82, 2.24) is 9.55 Å². The summed E-state index contributed by atoms with van der Waals surface area (Å²) in [5, 5.41) is 9.14. The van der Waals surface area contributed by atoms with Gasteiger partial charge in [-0.1, -0.05) is 72.8 Å². The molecule has 3 N–H and O–H groups in total. The Hall–Kier alpha value is -3.37. The third kappa shape index (κ3) is 3.35. The molecule has 134 valence electrons. The van der Waals surface area contributed by atoms with Gasteiger partial charge in [0.05, 0.1) is 11.4 Å². The van der Waals surface area contributed by atoms with Gasteiger partial charge in [-0.2, -0.15) is 0 Å². The maximum atomic E-state index is 9.14. The Morgan fingerprint density at radius 2 is 1.37 bits per heavy atom. The predicted molar refractivity (Wildman–Crippen MR) is 110 cm³/mol. The molecule has 0 amide bonds. The van der Waals surface area contributed by atoms with E-state index < -0.39 is 0 Å². The summed E-state index contributed by atoms with van der Waals surface area (Å²) in [6.45, 7) is 0.139. The number of anilines is 1. The Kier molecular flexibility index (Phi) is 4.73. The monoisotopic (exact) mass is 355 g/mol. The average molecular weight is 355 g/mol. The molecule has 4 aromatic rings. The molecule has 0 spiro atoms. The van der Waals surface area contributed by atoms with Crippen molar-refractivity contribution in [2.75, 3.05) is 12.3 Å². The van der Waals surface area contributed by atoms with Gasteiger partial charge in [0, 0.05) is 23.4 Å². The molecule has 0 radical (unpaired) electrons. The van der Waals surface area contributed by atoms with E-state index in [4.69, 9.17) is 15.8 Å². The fourth-order valence-corrected chi connectivity index (χ4v) is 3.30. The molecule has 4 nitrogen and oxygen atoms in total. The van der Waals surface area contributed by atoms with Crippen LogP contribution in [0.1, 0.15) is 5.56 Å². The molecule has 4 rings (SSSR count). The molecule has 0 aliphatic heterocycles. The zero-order valence-corrected chi connectivity index (χ0v) is 14.9. The molecular weight excluding hydrogens is 334 g/mol. The van der Waals surface area contributed by atoms with Crippen molar-refractivity contribution in [3.8, 4) is 28.2 Å². The molecule has 1 aromatic heterocycles. The highest BCUT2D eigenvalue weighted by Crippen LogP contribution is 2.35. The minimum atomic E-state index is 0.139. The molecule has 0 fully saturated rings. The van der Waals surface area contributed by atoms with Crippen LogP contribution in [0.25, 0.3) is 28.2 Å². The standard InChI is InChI=1S/C23H21N3O/c24-23-25-21(18-7-3-1-4-8-18)22(19-9-5-2-6-10-19)26(23)20-13-11-17(12-14-20)15-16-27/h1-14,27H,15-16H2,(H2,24,25). The zero-order valence-electron chi connectivity index (χ0n) is 14.9. The summed E-state index contributed by atoms with van der Waals surface area (Å²) < 4.78 is 1.99. The lowest BCUT2D eigenvalue weighted by Crippen LogP contribution is -2.03. The number of hydrogen-bond donors (Lipinski definition) is 2. The molecule has 0 aliphatic rings. The van der Waals surface area contributed by atoms with Crippen molar-refractivity contribution < 1.29 is 5.11 Å². The maximum Gasteiger partial charge on any atom is 0.205 e. The summed E-state index contributed by atoms with van der Waals surface area (Å²) in [7, 11) is 0. The van der Waals surface area contributed by atoms with Gasteiger partial charge in [-0.3, -0.25) is 4.57 Å². The molecule has 0 saturated heterocycles. The van der Waals surface area contributed by atoms with Crippen LogP contribution in [0.2, 0.25) is 0 Å². The maximum absolute atomic E-state index is 9.14. The Morgan fingerprint density at radius 3 is 1.96 bits per heavy atom. The van der Waals surface area contributed by atoms with Crippen LogP contribution >= 0.6 is 0 Å². The van der Waals surface area contributed by atoms with Gasteiger partial charge in [0.1, 0.15) is 0 Å². The van der Waals surface area contributed by atoms with Crippen LogP contribution in [-0.2, 0) is 6.42 Å². The van der Waals surface area contributed by atoms with Crippen molar-refractivity contribution in [3.05, 3.63) is 90.5 Å². The van der Waals surface area contributed by atoms with Crippen LogP contribution in [-0.4, -0.2) is 21.3 Å². The molecule has 0 saturated carbocycles. The summed E-state index contributed by atoms with van der Waals surface area (Å²) in [6.07, 6.45) is 0.639. The van der Waals surface area contributed by atoms with Crippen molar-refractivity contribution in [3.63, 3.8) is 0 Å². The van der Waals surface area contributed by atoms with E-state index in [1.807, 2.05) is 77.4 Å². The zero-order chi connectivity index (χ0) is 18.6. The molecule has 27 heavy (non-hydrogen) atoms. The highest BCUT2D eigenvalue weighted by atomic mass is 16.2. The second-order valence-corrected chi connectivity index (χ2v) is 6.37. The van der Waals surface area contributed by atoms with Gasteiger partial charge in [-0.05, 0) is 24.1 Å². The third-order valence-electron chi connectivity index (χ3n) is 4.59.